The number of aromatic carboxylic acids is 1. The number of aromatic hydroxyl groups is 2. The number of carboxylic acids is 1. The minimum absolute atomic E-state index is 0.691. The lowest BCUT2D eigenvalue weighted by Gasteiger charge is -2.10. The molecule has 0 amide bonds. The van der Waals surface area contributed by atoms with Gasteiger partial charge in [0.05, 0.1) is 0 Å². The predicted molar refractivity (Wildman–Crippen MR) is 69.0 cm³/mol. The summed E-state index contributed by atoms with van der Waals surface area (Å²) in [7, 11) is 0. The number of carbonyl (C=O) groups is 2. The van der Waals surface area contributed by atoms with E-state index in [2.05, 4.69) is 9.78 Å². The van der Waals surface area contributed by atoms with E-state index in [1.807, 2.05) is 0 Å². The normalized spacial score (nSPS) is 10.4. The molecule has 0 fully saturated rings. The molecule has 25 heavy (non-hydrogen) atoms. The molecule has 2 aromatic rings. The highest BCUT2D eigenvalue weighted by atomic mass is 19.2. The van der Waals surface area contributed by atoms with Crippen LogP contribution in [0.1, 0.15) is 20.7 Å². The van der Waals surface area contributed by atoms with Crippen LogP contribution in [-0.4, -0.2) is 27.3 Å². The summed E-state index contributed by atoms with van der Waals surface area (Å²) in [6.07, 6.45) is 0. The van der Waals surface area contributed by atoms with Gasteiger partial charge in [-0.05, 0) is 12.1 Å². The summed E-state index contributed by atoms with van der Waals surface area (Å²) in [5, 5.41) is 27.1. The maximum Gasteiger partial charge on any atom is 0.390 e. The molecule has 0 aromatic heterocycles. The van der Waals surface area contributed by atoms with Crippen molar-refractivity contribution in [2.75, 3.05) is 0 Å². The fourth-order valence-corrected chi connectivity index (χ4v) is 1.69. The average molecular weight is 362 g/mol. The van der Waals surface area contributed by atoms with Crippen LogP contribution in [0.15, 0.2) is 18.2 Å². The third-order valence-electron chi connectivity index (χ3n) is 2.87. The summed E-state index contributed by atoms with van der Waals surface area (Å²) in [6, 6.07) is 3.04. The lowest BCUT2D eigenvalue weighted by Crippen LogP contribution is -2.15. The Morgan fingerprint density at radius 3 is 2.00 bits per heavy atom. The molecule has 0 aliphatic rings. The molecule has 0 unspecified atom stereocenters. The Morgan fingerprint density at radius 1 is 0.920 bits per heavy atom. The van der Waals surface area contributed by atoms with Crippen molar-refractivity contribution >= 4 is 11.9 Å². The number of hydrogen-bond acceptors (Lipinski definition) is 6. The van der Waals surface area contributed by atoms with Crippen molar-refractivity contribution in [3.8, 4) is 17.2 Å². The van der Waals surface area contributed by atoms with Crippen LogP contribution in [0.25, 0.3) is 0 Å². The summed E-state index contributed by atoms with van der Waals surface area (Å²) in [5.74, 6) is -16.5. The highest BCUT2D eigenvalue weighted by Gasteiger charge is 2.32. The summed E-state index contributed by atoms with van der Waals surface area (Å²) in [5.41, 5.74) is -2.59. The molecule has 7 nitrogen and oxygen atoms in total. The topological polar surface area (TPSA) is 113 Å². The van der Waals surface area contributed by atoms with Crippen molar-refractivity contribution in [1.82, 2.24) is 0 Å². The molecule has 3 N–H and O–H groups in total. The molecule has 0 bridgehead atoms. The molecule has 0 aliphatic carbocycles. The quantitative estimate of drug-likeness (QED) is 0.252. The van der Waals surface area contributed by atoms with Crippen molar-refractivity contribution in [1.29, 1.82) is 0 Å². The number of rotatable bonds is 4. The first-order chi connectivity index (χ1) is 11.7. The first-order valence-electron chi connectivity index (χ1n) is 6.15. The predicted octanol–water partition coefficient (Wildman–Crippen LogP) is 2.50. The van der Waals surface area contributed by atoms with Crippen LogP contribution in [0.2, 0.25) is 0 Å². The molecule has 2 rings (SSSR count). The molecule has 2 aromatic carbocycles. The smallest absolute Gasteiger partial charge is 0.390 e. The Labute approximate surface area is 135 Å². The summed E-state index contributed by atoms with van der Waals surface area (Å²) in [4.78, 5) is 30.1. The lowest BCUT2D eigenvalue weighted by atomic mass is 10.1. The Hall–Kier alpha value is -3.50. The number of hydrogen-bond donors (Lipinski definition) is 3. The van der Waals surface area contributed by atoms with Gasteiger partial charge in [0.2, 0.25) is 11.6 Å². The highest BCUT2D eigenvalue weighted by molar-refractivity contribution is 5.93. The second-order valence-electron chi connectivity index (χ2n) is 4.39. The zero-order valence-electron chi connectivity index (χ0n) is 11.7. The monoisotopic (exact) mass is 362 g/mol. The van der Waals surface area contributed by atoms with E-state index in [0.29, 0.717) is 0 Å². The zero-order chi connectivity index (χ0) is 18.9. The first kappa shape index (κ1) is 17.8. The number of carbonyl (C=O) groups excluding carboxylic acids is 1. The van der Waals surface area contributed by atoms with Gasteiger partial charge in [0.1, 0.15) is 11.1 Å². The molecular formula is C14H6F4O7. The first-order valence-corrected chi connectivity index (χ1v) is 6.15. The van der Waals surface area contributed by atoms with E-state index < -0.39 is 63.6 Å². The van der Waals surface area contributed by atoms with Crippen molar-refractivity contribution < 1.29 is 52.2 Å². The van der Waals surface area contributed by atoms with Gasteiger partial charge in [-0.3, -0.25) is 4.89 Å². The van der Waals surface area contributed by atoms with Crippen LogP contribution >= 0.6 is 0 Å². The molecule has 0 radical (unpaired) electrons. The van der Waals surface area contributed by atoms with E-state index in [1.54, 1.807) is 0 Å². The van der Waals surface area contributed by atoms with Gasteiger partial charge >= 0.3 is 11.9 Å². The van der Waals surface area contributed by atoms with Crippen LogP contribution in [0.4, 0.5) is 17.6 Å². The van der Waals surface area contributed by atoms with Crippen LogP contribution < -0.4 is 4.89 Å². The fourth-order valence-electron chi connectivity index (χ4n) is 1.69. The van der Waals surface area contributed by atoms with Crippen molar-refractivity contribution in [3.05, 3.63) is 52.6 Å². The zero-order valence-corrected chi connectivity index (χ0v) is 11.7. The maximum atomic E-state index is 13.6. The number of para-hydroxylation sites is 1. The average Bonchev–Trinajstić information content (AvgIpc) is 2.55. The fraction of sp³-hybridized carbons (Fsp3) is 0. The third kappa shape index (κ3) is 3.11. The van der Waals surface area contributed by atoms with Gasteiger partial charge in [-0.25, -0.2) is 23.3 Å². The van der Waals surface area contributed by atoms with Crippen molar-refractivity contribution in [2.45, 2.75) is 0 Å². The molecule has 0 aliphatic heterocycles. The second kappa shape index (κ2) is 6.55. The Kier molecular flexibility index (Phi) is 4.68. The maximum absolute atomic E-state index is 13.6. The van der Waals surface area contributed by atoms with Crippen LogP contribution in [0.5, 0.6) is 17.2 Å². The van der Waals surface area contributed by atoms with E-state index in [1.165, 1.54) is 0 Å². The number of halogens is 4. The standard InChI is InChI=1S/C14H6F4O7/c15-7-6(13(21)22)8(16)10(18)12(9(7)17)24-25-14(23)4-2-1-3-5(19)11(4)20/h1-3,19-20H,(H,21,22). The Morgan fingerprint density at radius 2 is 1.48 bits per heavy atom. The largest absolute Gasteiger partial charge is 0.504 e. The number of phenols is 2. The summed E-state index contributed by atoms with van der Waals surface area (Å²) >= 11 is 0. The molecule has 132 valence electrons. The van der Waals surface area contributed by atoms with E-state index in [-0.39, 0.29) is 0 Å². The molecule has 0 spiro atoms. The van der Waals surface area contributed by atoms with E-state index in [0.717, 1.165) is 18.2 Å². The second-order valence-corrected chi connectivity index (χ2v) is 4.39. The van der Waals surface area contributed by atoms with Gasteiger partial charge in [0.15, 0.2) is 23.1 Å². The van der Waals surface area contributed by atoms with Gasteiger partial charge in [0, 0.05) is 0 Å². The molecule has 0 saturated heterocycles. The Bertz CT molecular complexity index is 853. The lowest BCUT2D eigenvalue weighted by molar-refractivity contribution is -0.154. The Balaban J connectivity index is 2.34. The van der Waals surface area contributed by atoms with E-state index in [9.17, 15) is 37.4 Å². The SMILES string of the molecule is O=C(OOc1c(F)c(F)c(C(=O)O)c(F)c1F)c1cccc(O)c1O. The molecule has 0 heterocycles. The van der Waals surface area contributed by atoms with Gasteiger partial charge < -0.3 is 15.3 Å². The van der Waals surface area contributed by atoms with Gasteiger partial charge in [0.25, 0.3) is 5.75 Å². The van der Waals surface area contributed by atoms with Crippen LogP contribution in [0.3, 0.4) is 0 Å². The van der Waals surface area contributed by atoms with E-state index >= 15 is 0 Å². The molecule has 0 atom stereocenters. The highest BCUT2D eigenvalue weighted by Crippen LogP contribution is 2.32. The minimum Gasteiger partial charge on any atom is -0.504 e. The van der Waals surface area contributed by atoms with Gasteiger partial charge in [-0.1, -0.05) is 6.07 Å². The molecule has 11 heteroatoms. The van der Waals surface area contributed by atoms with Crippen molar-refractivity contribution in [3.63, 3.8) is 0 Å². The van der Waals surface area contributed by atoms with Gasteiger partial charge in [-0.2, -0.15) is 8.78 Å². The minimum atomic E-state index is -2.28. The summed E-state index contributed by atoms with van der Waals surface area (Å²) < 4.78 is 54.1. The number of phenolic OH excluding ortho intramolecular Hbond substituents is 2. The summed E-state index contributed by atoms with van der Waals surface area (Å²) in [6.45, 7) is 0. The van der Waals surface area contributed by atoms with Crippen LogP contribution in [-0.2, 0) is 4.89 Å². The molecular weight excluding hydrogens is 356 g/mol. The van der Waals surface area contributed by atoms with E-state index in [4.69, 9.17) is 5.11 Å². The molecule has 0 saturated carbocycles. The van der Waals surface area contributed by atoms with Gasteiger partial charge in [-0.15, -0.1) is 0 Å². The number of carboxylic acid groups (broad SMARTS) is 1. The van der Waals surface area contributed by atoms with Crippen LogP contribution in [0, 0.1) is 23.3 Å². The third-order valence-corrected chi connectivity index (χ3v) is 2.87. The van der Waals surface area contributed by atoms with Crippen molar-refractivity contribution in [2.24, 2.45) is 0 Å². The number of benzene rings is 2.